The minimum absolute atomic E-state index is 0.474. The first kappa shape index (κ1) is 13.8. The molecule has 0 aliphatic carbocycles. The van der Waals surface area contributed by atoms with E-state index >= 15 is 0 Å². The fraction of sp³-hybridized carbons (Fsp3) is 0.467. The van der Waals surface area contributed by atoms with Crippen LogP contribution in [0, 0.1) is 6.92 Å². The number of ether oxygens (including phenoxy) is 1. The van der Waals surface area contributed by atoms with E-state index < -0.39 is 0 Å². The van der Waals surface area contributed by atoms with E-state index in [0.717, 1.165) is 31.7 Å². The lowest BCUT2D eigenvalue weighted by Crippen LogP contribution is -2.29. The molecule has 2 nitrogen and oxygen atoms in total. The number of nitrogens with one attached hydrogen (secondary N) is 1. The molecular formula is C15H23NO. The molecule has 1 atom stereocenters. The Balaban J connectivity index is 2.32. The van der Waals surface area contributed by atoms with Crippen molar-refractivity contribution in [2.24, 2.45) is 0 Å². The summed E-state index contributed by atoms with van der Waals surface area (Å²) in [5.74, 6) is 0.957. The summed E-state index contributed by atoms with van der Waals surface area (Å²) in [5.41, 5.74) is 1.23. The lowest BCUT2D eigenvalue weighted by Gasteiger charge is -2.16. The molecule has 1 aromatic rings. The number of rotatable bonds is 8. The second kappa shape index (κ2) is 7.91. The number of benzene rings is 1. The molecule has 17 heavy (non-hydrogen) atoms. The molecule has 0 fully saturated rings. The summed E-state index contributed by atoms with van der Waals surface area (Å²) >= 11 is 0. The van der Waals surface area contributed by atoms with Crippen molar-refractivity contribution in [3.63, 3.8) is 0 Å². The third-order valence-corrected chi connectivity index (χ3v) is 2.67. The zero-order valence-electron chi connectivity index (χ0n) is 10.9. The average molecular weight is 233 g/mol. The molecule has 1 rings (SSSR count). The smallest absolute Gasteiger partial charge is 0.119 e. The van der Waals surface area contributed by atoms with Gasteiger partial charge in [0.25, 0.3) is 0 Å². The van der Waals surface area contributed by atoms with Gasteiger partial charge in [-0.3, -0.25) is 0 Å². The molecule has 0 saturated carbocycles. The zero-order valence-corrected chi connectivity index (χ0v) is 10.9. The van der Waals surface area contributed by atoms with Crippen molar-refractivity contribution in [3.05, 3.63) is 42.5 Å². The second-order valence-corrected chi connectivity index (χ2v) is 4.23. The highest BCUT2D eigenvalue weighted by Gasteiger charge is 2.05. The third kappa shape index (κ3) is 5.55. The number of aryl methyl sites for hydroxylation is 1. The van der Waals surface area contributed by atoms with Crippen LogP contribution in [0.3, 0.4) is 0 Å². The summed E-state index contributed by atoms with van der Waals surface area (Å²) < 4.78 is 5.74. The van der Waals surface area contributed by atoms with Gasteiger partial charge in [-0.05, 0) is 44.0 Å². The molecule has 94 valence electrons. The van der Waals surface area contributed by atoms with Crippen molar-refractivity contribution in [2.45, 2.75) is 32.7 Å². The highest BCUT2D eigenvalue weighted by molar-refractivity contribution is 5.27. The van der Waals surface area contributed by atoms with Crippen LogP contribution in [0.4, 0.5) is 0 Å². The average Bonchev–Trinajstić information content (AvgIpc) is 2.30. The van der Waals surface area contributed by atoms with Gasteiger partial charge in [0.05, 0.1) is 6.61 Å². The molecule has 0 aliphatic heterocycles. The molecule has 1 aromatic carbocycles. The van der Waals surface area contributed by atoms with Crippen LogP contribution in [0.25, 0.3) is 0 Å². The molecule has 2 heteroatoms. The maximum absolute atomic E-state index is 5.74. The molecule has 0 aromatic heterocycles. The topological polar surface area (TPSA) is 21.3 Å². The summed E-state index contributed by atoms with van der Waals surface area (Å²) in [6.45, 7) is 9.71. The Morgan fingerprint density at radius 3 is 2.94 bits per heavy atom. The minimum Gasteiger partial charge on any atom is -0.494 e. The summed E-state index contributed by atoms with van der Waals surface area (Å²) in [6, 6.07) is 8.64. The lowest BCUT2D eigenvalue weighted by atomic mass is 10.1. The summed E-state index contributed by atoms with van der Waals surface area (Å²) in [4.78, 5) is 0. The zero-order chi connectivity index (χ0) is 12.5. The van der Waals surface area contributed by atoms with E-state index in [-0.39, 0.29) is 0 Å². The van der Waals surface area contributed by atoms with Gasteiger partial charge in [0.2, 0.25) is 0 Å². The van der Waals surface area contributed by atoms with Crippen molar-refractivity contribution < 1.29 is 4.74 Å². The molecule has 0 radical (unpaired) electrons. The molecule has 0 spiro atoms. The van der Waals surface area contributed by atoms with Gasteiger partial charge in [0.15, 0.2) is 0 Å². The molecule has 0 aliphatic rings. The Morgan fingerprint density at radius 1 is 1.47 bits per heavy atom. The Bertz CT molecular complexity index is 335. The fourth-order valence-corrected chi connectivity index (χ4v) is 1.82. The van der Waals surface area contributed by atoms with Crippen LogP contribution in [0.2, 0.25) is 0 Å². The van der Waals surface area contributed by atoms with E-state index in [0.29, 0.717) is 6.04 Å². The molecule has 0 saturated heterocycles. The van der Waals surface area contributed by atoms with Gasteiger partial charge in [-0.15, -0.1) is 6.58 Å². The Kier molecular flexibility index (Phi) is 6.41. The number of hydrogen-bond donors (Lipinski definition) is 1. The molecule has 0 amide bonds. The molecule has 1 N–H and O–H groups in total. The normalized spacial score (nSPS) is 12.1. The standard InChI is InChI=1S/C15H23NO/c1-4-7-14(16-5-2)10-11-17-15-9-6-8-13(3)12-15/h4,6,8-9,12,14,16H,1,5,7,10-11H2,2-3H3. The van der Waals surface area contributed by atoms with E-state index in [9.17, 15) is 0 Å². The highest BCUT2D eigenvalue weighted by atomic mass is 16.5. The van der Waals surface area contributed by atoms with Crippen LogP contribution in [0.5, 0.6) is 5.75 Å². The van der Waals surface area contributed by atoms with Crippen LogP contribution in [0.15, 0.2) is 36.9 Å². The predicted molar refractivity (Wildman–Crippen MR) is 73.6 cm³/mol. The minimum atomic E-state index is 0.474. The van der Waals surface area contributed by atoms with Crippen molar-refractivity contribution in [3.8, 4) is 5.75 Å². The Morgan fingerprint density at radius 2 is 2.29 bits per heavy atom. The van der Waals surface area contributed by atoms with Crippen molar-refractivity contribution in [1.82, 2.24) is 5.32 Å². The van der Waals surface area contributed by atoms with Crippen molar-refractivity contribution in [1.29, 1.82) is 0 Å². The predicted octanol–water partition coefficient (Wildman–Crippen LogP) is 3.32. The monoisotopic (exact) mass is 233 g/mol. The van der Waals surface area contributed by atoms with Gasteiger partial charge in [0.1, 0.15) is 5.75 Å². The summed E-state index contributed by atoms with van der Waals surface area (Å²) in [7, 11) is 0. The lowest BCUT2D eigenvalue weighted by molar-refractivity contribution is 0.286. The first-order valence-electron chi connectivity index (χ1n) is 6.30. The van der Waals surface area contributed by atoms with E-state index in [4.69, 9.17) is 4.74 Å². The summed E-state index contributed by atoms with van der Waals surface area (Å²) in [6.07, 6.45) is 3.96. The van der Waals surface area contributed by atoms with E-state index in [2.05, 4.69) is 37.9 Å². The quantitative estimate of drug-likeness (QED) is 0.695. The van der Waals surface area contributed by atoms with E-state index in [1.807, 2.05) is 18.2 Å². The van der Waals surface area contributed by atoms with Crippen molar-refractivity contribution >= 4 is 0 Å². The fourth-order valence-electron chi connectivity index (χ4n) is 1.82. The second-order valence-electron chi connectivity index (χ2n) is 4.23. The van der Waals surface area contributed by atoms with Crippen LogP contribution < -0.4 is 10.1 Å². The first-order valence-corrected chi connectivity index (χ1v) is 6.30. The maximum Gasteiger partial charge on any atom is 0.119 e. The van der Waals surface area contributed by atoms with Gasteiger partial charge in [-0.2, -0.15) is 0 Å². The van der Waals surface area contributed by atoms with Gasteiger partial charge in [-0.25, -0.2) is 0 Å². The van der Waals surface area contributed by atoms with E-state index in [1.165, 1.54) is 5.56 Å². The highest BCUT2D eigenvalue weighted by Crippen LogP contribution is 2.13. The van der Waals surface area contributed by atoms with Gasteiger partial charge in [0, 0.05) is 6.04 Å². The molecule has 1 unspecified atom stereocenters. The van der Waals surface area contributed by atoms with Crippen LogP contribution in [0.1, 0.15) is 25.3 Å². The van der Waals surface area contributed by atoms with Crippen LogP contribution >= 0.6 is 0 Å². The Hall–Kier alpha value is -1.28. The largest absolute Gasteiger partial charge is 0.494 e. The summed E-state index contributed by atoms with van der Waals surface area (Å²) in [5, 5.41) is 3.43. The van der Waals surface area contributed by atoms with Gasteiger partial charge < -0.3 is 10.1 Å². The van der Waals surface area contributed by atoms with Crippen molar-refractivity contribution in [2.75, 3.05) is 13.2 Å². The molecular weight excluding hydrogens is 210 g/mol. The SMILES string of the molecule is C=CCC(CCOc1cccc(C)c1)NCC. The maximum atomic E-state index is 5.74. The Labute approximate surface area is 105 Å². The third-order valence-electron chi connectivity index (χ3n) is 2.67. The molecule has 0 bridgehead atoms. The van der Waals surface area contributed by atoms with Gasteiger partial charge in [-0.1, -0.05) is 25.1 Å². The molecule has 0 heterocycles. The van der Waals surface area contributed by atoms with E-state index in [1.54, 1.807) is 0 Å². The first-order chi connectivity index (χ1) is 8.26. The van der Waals surface area contributed by atoms with Crippen LogP contribution in [-0.4, -0.2) is 19.2 Å². The van der Waals surface area contributed by atoms with Crippen LogP contribution in [-0.2, 0) is 0 Å². The number of hydrogen-bond acceptors (Lipinski definition) is 2. The van der Waals surface area contributed by atoms with Gasteiger partial charge >= 0.3 is 0 Å².